The van der Waals surface area contributed by atoms with Crippen LogP contribution in [-0.2, 0) is 0 Å². The summed E-state index contributed by atoms with van der Waals surface area (Å²) in [5.41, 5.74) is 2.32. The molecule has 0 aliphatic carbocycles. The van der Waals surface area contributed by atoms with Gasteiger partial charge in [-0.15, -0.1) is 0 Å². The lowest BCUT2D eigenvalue weighted by Crippen LogP contribution is -2.01. The van der Waals surface area contributed by atoms with Crippen LogP contribution >= 0.6 is 0 Å². The van der Waals surface area contributed by atoms with Crippen LogP contribution in [0.2, 0.25) is 0 Å². The summed E-state index contributed by atoms with van der Waals surface area (Å²) in [6.45, 7) is 0. The van der Waals surface area contributed by atoms with Gasteiger partial charge in [-0.1, -0.05) is 12.1 Å². The maximum Gasteiger partial charge on any atom is 0.203 e. The van der Waals surface area contributed by atoms with Gasteiger partial charge in [0, 0.05) is 22.7 Å². The largest absolute Gasteiger partial charge is 0.493 e. The lowest BCUT2D eigenvalue weighted by molar-refractivity contribution is 0.324. The molecule has 0 atom stereocenters. The zero-order valence-electron chi connectivity index (χ0n) is 19.1. The summed E-state index contributed by atoms with van der Waals surface area (Å²) in [4.78, 5) is 9.59. The van der Waals surface area contributed by atoms with Crippen LogP contribution in [0, 0.1) is 0 Å². The van der Waals surface area contributed by atoms with Gasteiger partial charge < -0.3 is 29.0 Å². The van der Waals surface area contributed by atoms with Gasteiger partial charge >= 0.3 is 0 Å². The van der Waals surface area contributed by atoms with E-state index in [1.165, 1.54) is 0 Å². The van der Waals surface area contributed by atoms with Crippen molar-refractivity contribution < 1.29 is 23.7 Å². The van der Waals surface area contributed by atoms with E-state index < -0.39 is 0 Å². The summed E-state index contributed by atoms with van der Waals surface area (Å²) < 4.78 is 27.2. The molecule has 0 unspecified atom stereocenters. The molecular weight excluding hydrogens is 422 g/mol. The van der Waals surface area contributed by atoms with E-state index >= 15 is 0 Å². The zero-order chi connectivity index (χ0) is 23.4. The molecule has 1 N–H and O–H groups in total. The van der Waals surface area contributed by atoms with Crippen LogP contribution in [0.15, 0.2) is 54.6 Å². The fourth-order valence-corrected chi connectivity index (χ4v) is 3.56. The quantitative estimate of drug-likeness (QED) is 0.400. The first kappa shape index (κ1) is 22.0. The van der Waals surface area contributed by atoms with Crippen LogP contribution in [0.25, 0.3) is 22.3 Å². The molecule has 0 saturated carbocycles. The number of nitrogens with zero attached hydrogens (tertiary/aromatic N) is 2. The zero-order valence-corrected chi connectivity index (χ0v) is 19.1. The van der Waals surface area contributed by atoms with Gasteiger partial charge in [0.25, 0.3) is 0 Å². The number of benzene rings is 3. The minimum Gasteiger partial charge on any atom is -0.493 e. The van der Waals surface area contributed by atoms with Crippen LogP contribution in [0.1, 0.15) is 0 Å². The molecular formula is C25H25N3O5. The molecule has 33 heavy (non-hydrogen) atoms. The number of ether oxygens (including phenoxy) is 5. The molecule has 3 aromatic carbocycles. The first-order chi connectivity index (χ1) is 16.1. The van der Waals surface area contributed by atoms with E-state index in [0.29, 0.717) is 40.4 Å². The summed E-state index contributed by atoms with van der Waals surface area (Å²) in [6, 6.07) is 17.0. The molecule has 0 amide bonds. The minimum atomic E-state index is 0.508. The van der Waals surface area contributed by atoms with Crippen LogP contribution < -0.4 is 29.0 Å². The van der Waals surface area contributed by atoms with Crippen LogP contribution in [0.5, 0.6) is 28.7 Å². The van der Waals surface area contributed by atoms with Gasteiger partial charge in [-0.2, -0.15) is 0 Å². The van der Waals surface area contributed by atoms with Crippen LogP contribution in [0.3, 0.4) is 0 Å². The second-order valence-corrected chi connectivity index (χ2v) is 7.02. The maximum absolute atomic E-state index is 5.50. The van der Waals surface area contributed by atoms with E-state index in [1.54, 1.807) is 35.5 Å². The summed E-state index contributed by atoms with van der Waals surface area (Å²) in [6.07, 6.45) is 0. The average molecular weight is 447 g/mol. The van der Waals surface area contributed by atoms with Crippen molar-refractivity contribution in [2.75, 3.05) is 40.9 Å². The summed E-state index contributed by atoms with van der Waals surface area (Å²) in [5.74, 6) is 3.98. The highest BCUT2D eigenvalue weighted by Crippen LogP contribution is 2.41. The van der Waals surface area contributed by atoms with E-state index in [9.17, 15) is 0 Å². The SMILES string of the molecule is COc1ccc(Nc2nc(-c3cc(OC)c(OC)c(OC)c3)nc3ccccc23)cc1OC. The summed E-state index contributed by atoms with van der Waals surface area (Å²) in [5, 5.41) is 4.27. The van der Waals surface area contributed by atoms with E-state index in [-0.39, 0.29) is 0 Å². The highest BCUT2D eigenvalue weighted by atomic mass is 16.5. The van der Waals surface area contributed by atoms with Gasteiger partial charge in [0.1, 0.15) is 5.82 Å². The van der Waals surface area contributed by atoms with E-state index in [1.807, 2.05) is 54.6 Å². The first-order valence-electron chi connectivity index (χ1n) is 10.2. The molecule has 0 aliphatic rings. The molecule has 4 rings (SSSR count). The topological polar surface area (TPSA) is 84.0 Å². The Morgan fingerprint density at radius 3 is 1.94 bits per heavy atom. The van der Waals surface area contributed by atoms with Crippen molar-refractivity contribution in [3.05, 3.63) is 54.6 Å². The van der Waals surface area contributed by atoms with Crippen LogP contribution in [-0.4, -0.2) is 45.5 Å². The Morgan fingerprint density at radius 1 is 0.636 bits per heavy atom. The second kappa shape index (κ2) is 9.52. The number of hydrogen-bond acceptors (Lipinski definition) is 8. The average Bonchev–Trinajstić information content (AvgIpc) is 2.87. The fourth-order valence-electron chi connectivity index (χ4n) is 3.56. The van der Waals surface area contributed by atoms with Crippen molar-refractivity contribution in [2.24, 2.45) is 0 Å². The summed E-state index contributed by atoms with van der Waals surface area (Å²) in [7, 11) is 7.92. The number of anilines is 2. The Kier molecular flexibility index (Phi) is 6.35. The smallest absolute Gasteiger partial charge is 0.203 e. The normalized spacial score (nSPS) is 10.6. The standard InChI is InChI=1S/C25H25N3O5/c1-29-19-11-10-16(14-20(19)30-2)26-25-17-8-6-7-9-18(17)27-24(28-25)15-12-21(31-3)23(33-5)22(13-15)32-4/h6-14H,1-5H3,(H,26,27,28). The van der Waals surface area contributed by atoms with Crippen LogP contribution in [0.4, 0.5) is 11.5 Å². The van der Waals surface area contributed by atoms with Crippen molar-refractivity contribution in [3.63, 3.8) is 0 Å². The van der Waals surface area contributed by atoms with Crippen molar-refractivity contribution in [1.29, 1.82) is 0 Å². The van der Waals surface area contributed by atoms with Gasteiger partial charge in [0.2, 0.25) is 5.75 Å². The highest BCUT2D eigenvalue weighted by Gasteiger charge is 2.17. The monoisotopic (exact) mass is 447 g/mol. The lowest BCUT2D eigenvalue weighted by Gasteiger charge is -2.15. The predicted octanol–water partition coefficient (Wildman–Crippen LogP) is 5.08. The minimum absolute atomic E-state index is 0.508. The predicted molar refractivity (Wildman–Crippen MR) is 127 cm³/mol. The van der Waals surface area contributed by atoms with Gasteiger partial charge in [0.05, 0.1) is 41.1 Å². The Bertz CT molecular complexity index is 1270. The Morgan fingerprint density at radius 2 is 1.30 bits per heavy atom. The molecule has 4 aromatic rings. The molecule has 0 radical (unpaired) electrons. The molecule has 0 saturated heterocycles. The molecule has 0 bridgehead atoms. The van der Waals surface area contributed by atoms with Gasteiger partial charge in [-0.3, -0.25) is 0 Å². The molecule has 0 spiro atoms. The second-order valence-electron chi connectivity index (χ2n) is 7.02. The van der Waals surface area contributed by atoms with Crippen molar-refractivity contribution in [3.8, 4) is 40.1 Å². The first-order valence-corrected chi connectivity index (χ1v) is 10.2. The van der Waals surface area contributed by atoms with Gasteiger partial charge in [0.15, 0.2) is 28.8 Å². The Labute approximate surface area is 192 Å². The molecule has 170 valence electrons. The molecule has 8 nitrogen and oxygen atoms in total. The molecule has 1 aromatic heterocycles. The highest BCUT2D eigenvalue weighted by molar-refractivity contribution is 5.92. The third kappa shape index (κ3) is 4.27. The summed E-state index contributed by atoms with van der Waals surface area (Å²) >= 11 is 0. The molecule has 0 aliphatic heterocycles. The lowest BCUT2D eigenvalue weighted by atomic mass is 10.1. The van der Waals surface area contributed by atoms with Crippen molar-refractivity contribution in [1.82, 2.24) is 9.97 Å². The third-order valence-electron chi connectivity index (χ3n) is 5.17. The van der Waals surface area contributed by atoms with Gasteiger partial charge in [-0.25, -0.2) is 9.97 Å². The number of methoxy groups -OCH3 is 5. The van der Waals surface area contributed by atoms with Crippen molar-refractivity contribution >= 4 is 22.4 Å². The molecule has 8 heteroatoms. The Hall–Kier alpha value is -4.20. The van der Waals surface area contributed by atoms with Gasteiger partial charge in [-0.05, 0) is 36.4 Å². The van der Waals surface area contributed by atoms with E-state index in [2.05, 4.69) is 5.32 Å². The number of hydrogen-bond donors (Lipinski definition) is 1. The number of fused-ring (bicyclic) bond motifs is 1. The number of para-hydroxylation sites is 1. The Balaban J connectivity index is 1.85. The molecule has 1 heterocycles. The molecule has 0 fully saturated rings. The third-order valence-corrected chi connectivity index (χ3v) is 5.17. The van der Waals surface area contributed by atoms with E-state index in [0.717, 1.165) is 22.2 Å². The number of rotatable bonds is 8. The number of nitrogens with one attached hydrogen (secondary N) is 1. The van der Waals surface area contributed by atoms with Crippen molar-refractivity contribution in [2.45, 2.75) is 0 Å². The fraction of sp³-hybridized carbons (Fsp3) is 0.200. The van der Waals surface area contributed by atoms with E-state index in [4.69, 9.17) is 33.7 Å². The number of aromatic nitrogens is 2. The maximum atomic E-state index is 5.50.